The average Bonchev–Trinajstić information content (AvgIpc) is 2.54. The topological polar surface area (TPSA) is 30.5 Å². The van der Waals surface area contributed by atoms with Crippen molar-refractivity contribution >= 4 is 23.2 Å². The third kappa shape index (κ3) is 3.55. The molecule has 0 atom stereocenters. The Balaban J connectivity index is 2.10. The molecule has 0 radical (unpaired) electrons. The second-order valence-electron chi connectivity index (χ2n) is 4.08. The van der Waals surface area contributed by atoms with E-state index in [2.05, 4.69) is 11.9 Å². The van der Waals surface area contributed by atoms with Crippen LogP contribution in [0, 0.1) is 0 Å². The summed E-state index contributed by atoms with van der Waals surface area (Å²) in [7, 11) is 0. The predicted octanol–water partition coefficient (Wildman–Crippen LogP) is 3.34. The standard InChI is InChI=1S/C13H15Cl2NO2/c1-9(14)7-16-8-10-5-11(15)13-12(6-10)17-3-2-4-18-13/h5-6,16H,1-4,7-8H2. The van der Waals surface area contributed by atoms with Crippen LogP contribution in [0.3, 0.4) is 0 Å². The van der Waals surface area contributed by atoms with Gasteiger partial charge in [0, 0.05) is 24.5 Å². The van der Waals surface area contributed by atoms with E-state index < -0.39 is 0 Å². The van der Waals surface area contributed by atoms with E-state index in [0.717, 1.165) is 12.0 Å². The van der Waals surface area contributed by atoms with Crippen LogP contribution in [0.15, 0.2) is 23.7 Å². The minimum absolute atomic E-state index is 0.563. The van der Waals surface area contributed by atoms with Gasteiger partial charge in [-0.05, 0) is 17.7 Å². The van der Waals surface area contributed by atoms with Crippen molar-refractivity contribution in [3.05, 3.63) is 34.3 Å². The molecule has 1 aliphatic heterocycles. The molecule has 18 heavy (non-hydrogen) atoms. The predicted molar refractivity (Wildman–Crippen MR) is 73.8 cm³/mol. The summed E-state index contributed by atoms with van der Waals surface area (Å²) in [5.74, 6) is 1.35. The molecular weight excluding hydrogens is 273 g/mol. The number of halogens is 2. The van der Waals surface area contributed by atoms with Crippen LogP contribution in [-0.2, 0) is 6.54 Å². The molecule has 5 heteroatoms. The van der Waals surface area contributed by atoms with Crippen LogP contribution in [0.5, 0.6) is 11.5 Å². The number of hydrogen-bond donors (Lipinski definition) is 1. The zero-order valence-electron chi connectivity index (χ0n) is 9.97. The zero-order valence-corrected chi connectivity index (χ0v) is 11.5. The van der Waals surface area contributed by atoms with Gasteiger partial charge in [-0.1, -0.05) is 29.8 Å². The number of hydrogen-bond acceptors (Lipinski definition) is 3. The Morgan fingerprint density at radius 1 is 1.33 bits per heavy atom. The Labute approximate surface area is 117 Å². The van der Waals surface area contributed by atoms with E-state index in [1.54, 1.807) is 0 Å². The Bertz CT molecular complexity index is 449. The lowest BCUT2D eigenvalue weighted by atomic mass is 10.2. The largest absolute Gasteiger partial charge is 0.489 e. The average molecular weight is 288 g/mol. The highest BCUT2D eigenvalue weighted by Crippen LogP contribution is 2.37. The summed E-state index contributed by atoms with van der Waals surface area (Å²) in [5, 5.41) is 4.32. The minimum Gasteiger partial charge on any atom is -0.489 e. The van der Waals surface area contributed by atoms with Gasteiger partial charge in [-0.3, -0.25) is 0 Å². The molecule has 0 spiro atoms. The van der Waals surface area contributed by atoms with Crippen molar-refractivity contribution in [2.24, 2.45) is 0 Å². The zero-order chi connectivity index (χ0) is 13.0. The van der Waals surface area contributed by atoms with Gasteiger partial charge in [0.15, 0.2) is 11.5 Å². The molecule has 0 bridgehead atoms. The summed E-state index contributed by atoms with van der Waals surface area (Å²) < 4.78 is 11.2. The first-order chi connectivity index (χ1) is 8.66. The molecule has 0 unspecified atom stereocenters. The van der Waals surface area contributed by atoms with Crippen LogP contribution in [0.25, 0.3) is 0 Å². The fourth-order valence-corrected chi connectivity index (χ4v) is 2.11. The van der Waals surface area contributed by atoms with Gasteiger partial charge in [-0.2, -0.15) is 0 Å². The molecule has 0 aromatic heterocycles. The molecule has 0 fully saturated rings. The van der Waals surface area contributed by atoms with Crippen molar-refractivity contribution in [1.82, 2.24) is 5.32 Å². The van der Waals surface area contributed by atoms with Gasteiger partial charge in [0.05, 0.1) is 18.2 Å². The molecule has 1 aliphatic rings. The van der Waals surface area contributed by atoms with Gasteiger partial charge in [0.2, 0.25) is 0 Å². The maximum atomic E-state index is 6.18. The van der Waals surface area contributed by atoms with Crippen molar-refractivity contribution < 1.29 is 9.47 Å². The molecule has 1 heterocycles. The van der Waals surface area contributed by atoms with Gasteiger partial charge in [0.25, 0.3) is 0 Å². The summed E-state index contributed by atoms with van der Waals surface area (Å²) in [4.78, 5) is 0. The van der Waals surface area contributed by atoms with Gasteiger partial charge in [0.1, 0.15) is 0 Å². The van der Waals surface area contributed by atoms with Crippen molar-refractivity contribution in [2.45, 2.75) is 13.0 Å². The lowest BCUT2D eigenvalue weighted by Crippen LogP contribution is -2.14. The second kappa shape index (κ2) is 6.32. The van der Waals surface area contributed by atoms with Crippen LogP contribution >= 0.6 is 23.2 Å². The molecule has 1 N–H and O–H groups in total. The fourth-order valence-electron chi connectivity index (χ4n) is 1.73. The number of nitrogens with one attached hydrogen (secondary N) is 1. The maximum Gasteiger partial charge on any atom is 0.179 e. The second-order valence-corrected chi connectivity index (χ2v) is 5.02. The summed E-state index contributed by atoms with van der Waals surface area (Å²) in [6, 6.07) is 3.82. The SMILES string of the molecule is C=C(Cl)CNCc1cc(Cl)c2c(c1)OCCCO2. The van der Waals surface area contributed by atoms with Gasteiger partial charge >= 0.3 is 0 Å². The van der Waals surface area contributed by atoms with Gasteiger partial charge in [-0.15, -0.1) is 0 Å². The molecule has 0 amide bonds. The monoisotopic (exact) mass is 287 g/mol. The lowest BCUT2D eigenvalue weighted by molar-refractivity contribution is 0.297. The highest BCUT2D eigenvalue weighted by atomic mass is 35.5. The van der Waals surface area contributed by atoms with Crippen molar-refractivity contribution in [2.75, 3.05) is 19.8 Å². The van der Waals surface area contributed by atoms with Crippen molar-refractivity contribution in [3.63, 3.8) is 0 Å². The summed E-state index contributed by atoms with van der Waals surface area (Å²) in [6.07, 6.45) is 0.866. The molecule has 1 aromatic rings. The van der Waals surface area contributed by atoms with E-state index in [0.29, 0.717) is 47.9 Å². The Kier molecular flexibility index (Phi) is 4.75. The normalized spacial score (nSPS) is 14.1. The van der Waals surface area contributed by atoms with Crippen LogP contribution in [-0.4, -0.2) is 19.8 Å². The van der Waals surface area contributed by atoms with E-state index in [1.807, 2.05) is 12.1 Å². The van der Waals surface area contributed by atoms with E-state index in [-0.39, 0.29) is 0 Å². The summed E-state index contributed by atoms with van der Waals surface area (Å²) >= 11 is 11.9. The van der Waals surface area contributed by atoms with Crippen LogP contribution in [0.1, 0.15) is 12.0 Å². The van der Waals surface area contributed by atoms with Crippen LogP contribution < -0.4 is 14.8 Å². The Morgan fingerprint density at radius 2 is 2.11 bits per heavy atom. The molecule has 0 saturated heterocycles. The third-order valence-electron chi connectivity index (χ3n) is 2.51. The lowest BCUT2D eigenvalue weighted by Gasteiger charge is -2.12. The highest BCUT2D eigenvalue weighted by molar-refractivity contribution is 6.32. The van der Waals surface area contributed by atoms with Gasteiger partial charge < -0.3 is 14.8 Å². The molecular formula is C13H15Cl2NO2. The molecule has 1 aromatic carbocycles. The van der Waals surface area contributed by atoms with Crippen molar-refractivity contribution in [3.8, 4) is 11.5 Å². The summed E-state index contributed by atoms with van der Waals surface area (Å²) in [6.45, 7) is 6.12. The van der Waals surface area contributed by atoms with E-state index in [9.17, 15) is 0 Å². The minimum atomic E-state index is 0.563. The fraction of sp³-hybridized carbons (Fsp3) is 0.385. The van der Waals surface area contributed by atoms with Crippen LogP contribution in [0.4, 0.5) is 0 Å². The smallest absolute Gasteiger partial charge is 0.179 e. The quantitative estimate of drug-likeness (QED) is 0.921. The molecule has 3 nitrogen and oxygen atoms in total. The maximum absolute atomic E-state index is 6.18. The van der Waals surface area contributed by atoms with Gasteiger partial charge in [-0.25, -0.2) is 0 Å². The van der Waals surface area contributed by atoms with E-state index in [4.69, 9.17) is 32.7 Å². The van der Waals surface area contributed by atoms with E-state index in [1.165, 1.54) is 0 Å². The molecule has 0 saturated carbocycles. The first-order valence-corrected chi connectivity index (χ1v) is 6.54. The molecule has 98 valence electrons. The first kappa shape index (κ1) is 13.5. The number of fused-ring (bicyclic) bond motifs is 1. The van der Waals surface area contributed by atoms with E-state index >= 15 is 0 Å². The first-order valence-electron chi connectivity index (χ1n) is 5.79. The number of ether oxygens (including phenoxy) is 2. The third-order valence-corrected chi connectivity index (χ3v) is 2.92. The highest BCUT2D eigenvalue weighted by Gasteiger charge is 2.15. The molecule has 0 aliphatic carbocycles. The molecule has 2 rings (SSSR count). The Hall–Kier alpha value is -0.900. The Morgan fingerprint density at radius 3 is 2.89 bits per heavy atom. The number of rotatable bonds is 4. The number of benzene rings is 1. The van der Waals surface area contributed by atoms with Crippen LogP contribution in [0.2, 0.25) is 5.02 Å². The van der Waals surface area contributed by atoms with Crippen molar-refractivity contribution in [1.29, 1.82) is 0 Å². The summed E-state index contributed by atoms with van der Waals surface area (Å²) in [5.41, 5.74) is 1.03.